The molecule has 19 heavy (non-hydrogen) atoms. The van der Waals surface area contributed by atoms with Gasteiger partial charge in [0.15, 0.2) is 0 Å². The van der Waals surface area contributed by atoms with Crippen LogP contribution in [0.25, 0.3) is 0 Å². The monoisotopic (exact) mass is 444 g/mol. The minimum atomic E-state index is 0.829. The molecule has 0 bridgehead atoms. The van der Waals surface area contributed by atoms with E-state index >= 15 is 0 Å². The van der Waals surface area contributed by atoms with Crippen LogP contribution in [-0.2, 0) is 0 Å². The average molecular weight is 447 g/mol. The lowest BCUT2D eigenvalue weighted by molar-refractivity contribution is 1.41. The first-order valence-corrected chi connectivity index (χ1v) is 7.96. The summed E-state index contributed by atoms with van der Waals surface area (Å²) in [6, 6.07) is 13.9. The summed E-state index contributed by atoms with van der Waals surface area (Å²) >= 11 is 10.5. The van der Waals surface area contributed by atoms with Crippen molar-refractivity contribution in [2.24, 2.45) is 4.99 Å². The molecule has 5 heteroatoms. The molecule has 0 spiro atoms. The Morgan fingerprint density at radius 1 is 1.00 bits per heavy atom. The smallest absolute Gasteiger partial charge is 0.104 e. The van der Waals surface area contributed by atoms with Crippen LogP contribution in [0.3, 0.4) is 0 Å². The minimum Gasteiger partial charge on any atom is -0.344 e. The number of anilines is 1. The molecule has 0 aromatic heterocycles. The van der Waals surface area contributed by atoms with Gasteiger partial charge in [0.05, 0.1) is 5.69 Å². The number of hydrogen-bond donors (Lipinski definition) is 1. The highest BCUT2D eigenvalue weighted by Gasteiger charge is 2.06. The van der Waals surface area contributed by atoms with Gasteiger partial charge < -0.3 is 5.32 Å². The number of halogens is 3. The highest BCUT2D eigenvalue weighted by molar-refractivity contribution is 9.11. The first kappa shape index (κ1) is 14.8. The van der Waals surface area contributed by atoms with Crippen molar-refractivity contribution in [3.05, 3.63) is 55.9 Å². The molecule has 0 heterocycles. The first-order chi connectivity index (χ1) is 9.06. The molecule has 2 nitrogen and oxygen atoms in total. The summed E-state index contributed by atoms with van der Waals surface area (Å²) in [6.07, 6.45) is 0. The van der Waals surface area contributed by atoms with Crippen LogP contribution >= 0.6 is 47.8 Å². The Hall–Kier alpha value is -0.650. The average Bonchev–Trinajstić information content (AvgIpc) is 2.35. The highest BCUT2D eigenvalue weighted by atomic mass is 79.9. The van der Waals surface area contributed by atoms with E-state index in [0.29, 0.717) is 0 Å². The van der Waals surface area contributed by atoms with Crippen molar-refractivity contribution < 1.29 is 0 Å². The molecule has 2 aromatic carbocycles. The molecular weight excluding hydrogens is 436 g/mol. The standard InChI is InChI=1S/C14H11Br3N2/c1-9(18-11-5-3-2-4-6-11)19-14-12(16)7-10(15)8-13(14)17/h2-8H,1H3,(H,18,19). The highest BCUT2D eigenvalue weighted by Crippen LogP contribution is 2.36. The van der Waals surface area contributed by atoms with Crippen LogP contribution in [0, 0.1) is 0 Å². The molecule has 0 aliphatic rings. The van der Waals surface area contributed by atoms with Crippen LogP contribution in [0.1, 0.15) is 6.92 Å². The maximum atomic E-state index is 4.59. The summed E-state index contributed by atoms with van der Waals surface area (Å²) < 4.78 is 2.87. The van der Waals surface area contributed by atoms with Gasteiger partial charge in [-0.2, -0.15) is 0 Å². The lowest BCUT2D eigenvalue weighted by atomic mass is 10.3. The molecule has 0 saturated heterocycles. The molecule has 98 valence electrons. The minimum absolute atomic E-state index is 0.829. The number of hydrogen-bond acceptors (Lipinski definition) is 1. The van der Waals surface area contributed by atoms with Crippen molar-refractivity contribution in [3.8, 4) is 0 Å². The van der Waals surface area contributed by atoms with Crippen LogP contribution in [-0.4, -0.2) is 5.84 Å². The maximum Gasteiger partial charge on any atom is 0.104 e. The quantitative estimate of drug-likeness (QED) is 0.435. The second-order valence-corrected chi connectivity index (χ2v) is 6.53. The van der Waals surface area contributed by atoms with E-state index in [4.69, 9.17) is 0 Å². The molecule has 2 rings (SSSR count). The number of rotatable bonds is 2. The normalized spacial score (nSPS) is 11.5. The lowest BCUT2D eigenvalue weighted by Gasteiger charge is -2.08. The van der Waals surface area contributed by atoms with Gasteiger partial charge in [-0.25, -0.2) is 4.99 Å². The Kier molecular flexibility index (Phi) is 5.19. The SMILES string of the molecule is CC(=Nc1c(Br)cc(Br)cc1Br)Nc1ccccc1. The fraction of sp³-hybridized carbons (Fsp3) is 0.0714. The third-order valence-corrected chi connectivity index (χ3v) is 4.03. The zero-order valence-corrected chi connectivity index (χ0v) is 14.9. The van der Waals surface area contributed by atoms with Crippen molar-refractivity contribution in [2.75, 3.05) is 5.32 Å². The molecule has 0 radical (unpaired) electrons. The van der Waals surface area contributed by atoms with Gasteiger partial charge in [0.2, 0.25) is 0 Å². The van der Waals surface area contributed by atoms with Gasteiger partial charge in [-0.1, -0.05) is 34.1 Å². The number of para-hydroxylation sites is 1. The summed E-state index contributed by atoms with van der Waals surface area (Å²) in [7, 11) is 0. The van der Waals surface area contributed by atoms with E-state index in [2.05, 4.69) is 58.1 Å². The summed E-state index contributed by atoms with van der Waals surface area (Å²) in [6.45, 7) is 1.94. The third kappa shape index (κ3) is 4.16. The van der Waals surface area contributed by atoms with Crippen molar-refractivity contribution >= 4 is 65.0 Å². The van der Waals surface area contributed by atoms with Gasteiger partial charge in [0.1, 0.15) is 5.84 Å². The molecule has 0 aliphatic heterocycles. The number of nitrogens with one attached hydrogen (secondary N) is 1. The van der Waals surface area contributed by atoms with E-state index in [9.17, 15) is 0 Å². The van der Waals surface area contributed by atoms with Crippen LogP contribution in [0.4, 0.5) is 11.4 Å². The van der Waals surface area contributed by atoms with Gasteiger partial charge in [-0.05, 0) is 63.0 Å². The zero-order valence-electron chi connectivity index (χ0n) is 10.1. The Morgan fingerprint density at radius 3 is 2.16 bits per heavy atom. The van der Waals surface area contributed by atoms with Gasteiger partial charge in [-0.15, -0.1) is 0 Å². The van der Waals surface area contributed by atoms with Gasteiger partial charge in [-0.3, -0.25) is 0 Å². The van der Waals surface area contributed by atoms with Crippen molar-refractivity contribution in [1.29, 1.82) is 0 Å². The van der Waals surface area contributed by atoms with Crippen molar-refractivity contribution in [2.45, 2.75) is 6.92 Å². The Bertz CT molecular complexity index is 586. The van der Waals surface area contributed by atoms with Crippen molar-refractivity contribution in [1.82, 2.24) is 0 Å². The fourth-order valence-corrected chi connectivity index (χ4v) is 4.00. The van der Waals surface area contributed by atoms with E-state index < -0.39 is 0 Å². The number of aliphatic imine (C=N–C) groups is 1. The predicted octanol–water partition coefficient (Wildman–Crippen LogP) is 6.14. The number of nitrogens with zero attached hydrogens (tertiary/aromatic N) is 1. The summed E-state index contributed by atoms with van der Waals surface area (Å²) in [4.78, 5) is 4.59. The molecule has 2 aromatic rings. The zero-order chi connectivity index (χ0) is 13.8. The second kappa shape index (κ2) is 6.68. The van der Waals surface area contributed by atoms with Crippen LogP contribution in [0.5, 0.6) is 0 Å². The van der Waals surface area contributed by atoms with Crippen LogP contribution in [0.2, 0.25) is 0 Å². The van der Waals surface area contributed by atoms with E-state index in [1.165, 1.54) is 0 Å². The Labute approximate surface area is 137 Å². The lowest BCUT2D eigenvalue weighted by Crippen LogP contribution is -2.06. The molecule has 1 N–H and O–H groups in total. The maximum absolute atomic E-state index is 4.59. The molecular formula is C14H11Br3N2. The van der Waals surface area contributed by atoms with E-state index in [-0.39, 0.29) is 0 Å². The summed E-state index contributed by atoms with van der Waals surface area (Å²) in [5, 5.41) is 3.26. The topological polar surface area (TPSA) is 24.4 Å². The van der Waals surface area contributed by atoms with Crippen molar-refractivity contribution in [3.63, 3.8) is 0 Å². The third-order valence-electron chi connectivity index (χ3n) is 2.36. The molecule has 0 fully saturated rings. The van der Waals surface area contributed by atoms with E-state index in [0.717, 1.165) is 30.6 Å². The van der Waals surface area contributed by atoms with Gasteiger partial charge in [0.25, 0.3) is 0 Å². The Balaban J connectivity index is 2.26. The van der Waals surface area contributed by atoms with E-state index in [1.807, 2.05) is 49.4 Å². The number of benzene rings is 2. The van der Waals surface area contributed by atoms with Gasteiger partial charge in [0, 0.05) is 19.1 Å². The first-order valence-electron chi connectivity index (χ1n) is 5.58. The second-order valence-electron chi connectivity index (χ2n) is 3.91. The van der Waals surface area contributed by atoms with Gasteiger partial charge >= 0.3 is 0 Å². The molecule has 0 unspecified atom stereocenters. The summed E-state index contributed by atoms with van der Waals surface area (Å²) in [5.74, 6) is 0.829. The number of amidine groups is 1. The van der Waals surface area contributed by atoms with E-state index in [1.54, 1.807) is 0 Å². The fourth-order valence-electron chi connectivity index (χ4n) is 1.57. The Morgan fingerprint density at radius 2 is 1.58 bits per heavy atom. The molecule has 0 saturated carbocycles. The molecule has 0 amide bonds. The predicted molar refractivity (Wildman–Crippen MR) is 92.4 cm³/mol. The summed E-state index contributed by atoms with van der Waals surface area (Å²) in [5.41, 5.74) is 1.89. The largest absolute Gasteiger partial charge is 0.344 e. The molecule has 0 aliphatic carbocycles. The molecule has 0 atom stereocenters. The van der Waals surface area contributed by atoms with Crippen LogP contribution < -0.4 is 5.32 Å². The van der Waals surface area contributed by atoms with Crippen LogP contribution in [0.15, 0.2) is 60.9 Å².